The number of nitrogens with one attached hydrogen (secondary N) is 13. The summed E-state index contributed by atoms with van der Waals surface area (Å²) in [4.78, 5) is 205. The molecule has 4 aromatic rings. The molecule has 568 valence electrons. The molecule has 36 nitrogen and oxygen atoms in total. The monoisotopic (exact) mass is 1490 g/mol. The van der Waals surface area contributed by atoms with Gasteiger partial charge >= 0.3 is 11.9 Å². The Morgan fingerprint density at radius 2 is 0.942 bits per heavy atom. The fourth-order valence-corrected chi connectivity index (χ4v) is 10.8. The van der Waals surface area contributed by atoms with Crippen molar-refractivity contribution < 1.29 is 97.5 Å². The largest absolute Gasteiger partial charge is 0.508 e. The van der Waals surface area contributed by atoms with Crippen molar-refractivity contribution in [2.75, 3.05) is 37.7 Å². The molecule has 0 saturated carbocycles. The summed E-state index contributed by atoms with van der Waals surface area (Å²) in [5.74, 6) is -18.2. The number of primary amides is 1. The van der Waals surface area contributed by atoms with Crippen LogP contribution in [0.3, 0.4) is 0 Å². The van der Waals surface area contributed by atoms with Crippen LogP contribution >= 0.6 is 25.3 Å². The van der Waals surface area contributed by atoms with Crippen LogP contribution in [0, 0.1) is 5.92 Å². The first-order valence-electron chi connectivity index (χ1n) is 32.9. The van der Waals surface area contributed by atoms with Gasteiger partial charge in [0.25, 0.3) is 0 Å². The highest BCUT2D eigenvalue weighted by Gasteiger charge is 2.38. The van der Waals surface area contributed by atoms with Crippen molar-refractivity contribution in [2.24, 2.45) is 23.1 Å². The zero-order chi connectivity index (χ0) is 77.3. The summed E-state index contributed by atoms with van der Waals surface area (Å²) in [7, 11) is 0. The first kappa shape index (κ1) is 86.0. The molecule has 0 radical (unpaired) electrons. The lowest BCUT2D eigenvalue weighted by Gasteiger charge is -2.28. The number of phenols is 1. The number of carbonyl (C=O) groups excluding carboxylic acids is 13. The summed E-state index contributed by atoms with van der Waals surface area (Å²) in [6, 6.07) is 2.44. The van der Waals surface area contributed by atoms with Crippen molar-refractivity contribution in [1.82, 2.24) is 68.8 Å². The molecule has 0 aliphatic carbocycles. The molecule has 12 atom stereocenters. The number of aliphatic hydroxyl groups excluding tert-OH is 2. The number of hydrogen-bond acceptors (Lipinski definition) is 22. The lowest BCUT2D eigenvalue weighted by atomic mass is 10.0. The normalized spacial score (nSPS) is 14.6. The van der Waals surface area contributed by atoms with E-state index >= 15 is 9.59 Å². The molecule has 1 heterocycles. The zero-order valence-electron chi connectivity index (χ0n) is 57.2. The molecule has 0 aliphatic rings. The number of phenolic OH excluding ortho intramolecular Hbond substituents is 1. The second-order valence-corrected chi connectivity index (χ2v) is 25.2. The van der Waals surface area contributed by atoms with Crippen molar-refractivity contribution in [3.8, 4) is 5.75 Å². The number of amides is 13. The number of aromatic nitrogens is 1. The number of H-pyrrole nitrogens is 1. The van der Waals surface area contributed by atoms with E-state index in [0.717, 1.165) is 6.92 Å². The van der Waals surface area contributed by atoms with Gasteiger partial charge < -0.3 is 112 Å². The van der Waals surface area contributed by atoms with Gasteiger partial charge in [-0.05, 0) is 80.0 Å². The minimum atomic E-state index is -2.06. The molecule has 13 amide bonds. The van der Waals surface area contributed by atoms with Gasteiger partial charge in [-0.1, -0.05) is 74.5 Å². The highest BCUT2D eigenvalue weighted by atomic mass is 32.1. The number of carboxylic acid groups (broad SMARTS) is 2. The Bertz CT molecular complexity index is 3640. The van der Waals surface area contributed by atoms with Gasteiger partial charge in [-0.3, -0.25) is 67.1 Å². The average molecular weight is 1490 g/mol. The summed E-state index contributed by atoms with van der Waals surface area (Å²) in [5, 5.41) is 79.4. The van der Waals surface area contributed by atoms with Crippen LogP contribution in [-0.2, 0) is 91.2 Å². The van der Waals surface area contributed by atoms with E-state index in [1.54, 1.807) is 74.6 Å². The smallest absolute Gasteiger partial charge is 0.326 e. The molecule has 0 bridgehead atoms. The number of aliphatic carboxylic acids is 2. The molecular formula is C66H92N16O20S2. The van der Waals surface area contributed by atoms with Crippen LogP contribution in [0.5, 0.6) is 5.75 Å². The van der Waals surface area contributed by atoms with Gasteiger partial charge in [0.1, 0.15) is 72.2 Å². The topological polar surface area (TPSA) is 595 Å². The second kappa shape index (κ2) is 43.5. The third kappa shape index (κ3) is 28.4. The van der Waals surface area contributed by atoms with Gasteiger partial charge in [0.2, 0.25) is 76.8 Å². The lowest BCUT2D eigenvalue weighted by Crippen LogP contribution is -2.62. The molecule has 0 unspecified atom stereocenters. The predicted molar refractivity (Wildman–Crippen MR) is 380 cm³/mol. The maximum Gasteiger partial charge on any atom is 0.326 e. The Balaban J connectivity index is 1.67. The number of unbranched alkanes of at least 4 members (excludes halogenated alkanes) is 1. The van der Waals surface area contributed by atoms with Gasteiger partial charge in [0.05, 0.1) is 32.2 Å². The molecule has 0 spiro atoms. The third-order valence-corrected chi connectivity index (χ3v) is 16.7. The van der Waals surface area contributed by atoms with Crippen LogP contribution in [0.15, 0.2) is 85.1 Å². The molecule has 38 heteroatoms. The number of thiol groups is 2. The van der Waals surface area contributed by atoms with Crippen molar-refractivity contribution in [2.45, 2.75) is 151 Å². The Kier molecular flexibility index (Phi) is 36.0. The van der Waals surface area contributed by atoms with Crippen LogP contribution < -0.4 is 81.0 Å². The first-order chi connectivity index (χ1) is 49.3. The Labute approximate surface area is 608 Å². The number of aliphatic hydroxyl groups is 2. The Morgan fingerprint density at radius 1 is 0.490 bits per heavy atom. The summed E-state index contributed by atoms with van der Waals surface area (Å²) >= 11 is 8.51. The fraction of sp³-hybridized carbons (Fsp3) is 0.470. The highest BCUT2D eigenvalue weighted by molar-refractivity contribution is 7.80. The Morgan fingerprint density at radius 3 is 1.45 bits per heavy atom. The van der Waals surface area contributed by atoms with Crippen LogP contribution in [0.2, 0.25) is 0 Å². The summed E-state index contributed by atoms with van der Waals surface area (Å²) in [5.41, 5.74) is 18.4. The van der Waals surface area contributed by atoms with Crippen molar-refractivity contribution in [3.05, 3.63) is 102 Å². The van der Waals surface area contributed by atoms with Crippen molar-refractivity contribution >= 4 is 125 Å². The van der Waals surface area contributed by atoms with E-state index in [0.29, 0.717) is 34.0 Å². The number of nitrogens with two attached hydrogens (primary N) is 3. The maximum atomic E-state index is 15.1. The number of para-hydroxylation sites is 1. The standard InChI is InChI=1S/C66H92N16O20S2/c1-33(2)54(66(101)102)81-64(99)49(32-104)80-59(94)44(24-36-16-18-38(85)19-17-36)75-56(91)41(15-9-10-22-67)73-60(95)45(25-37-28-70-40-14-8-7-13-39(37)40)77-58(93)43(23-35-11-5-4-6-12-35)76-63(98)48(31-103)79-57(92)42(20-21-53(89)90)74-65(100)55(34(3)84)82-61(96)46(26-50(69)86)78-62(97)47(30-83)72-52(88)29-71-51(87)27-68/h4-8,11-14,16-19,28,33-34,41-49,54-55,70,83-85,103-104H,9-10,15,20-27,29-32,67-68H2,1-3H3,(H2,69,86)(H,71,87)(H,72,88)(H,73,95)(H,74,100)(H,75,91)(H,76,98)(H,77,93)(H,78,97)(H,79,92)(H,80,94)(H,81,99)(H,82,96)(H,89,90)(H,101,102)/t34-,41+,42+,43+,44+,45+,46+,47+,48+,49+,54+,55+/m1/s1. The van der Waals surface area contributed by atoms with Crippen LogP contribution in [-0.4, -0.2) is 230 Å². The van der Waals surface area contributed by atoms with E-state index in [4.69, 9.17) is 17.2 Å². The van der Waals surface area contributed by atoms with Gasteiger partial charge in [-0.25, -0.2) is 4.79 Å². The van der Waals surface area contributed by atoms with E-state index in [-0.39, 0.29) is 50.2 Å². The minimum Gasteiger partial charge on any atom is -0.508 e. The molecule has 4 rings (SSSR count). The van der Waals surface area contributed by atoms with Gasteiger partial charge in [-0.2, -0.15) is 25.3 Å². The van der Waals surface area contributed by atoms with Crippen LogP contribution in [0.25, 0.3) is 10.9 Å². The first-order valence-corrected chi connectivity index (χ1v) is 34.2. The van der Waals surface area contributed by atoms with E-state index < -0.39 is 212 Å². The number of aromatic amines is 1. The molecule has 104 heavy (non-hydrogen) atoms. The maximum absolute atomic E-state index is 15.1. The quantitative estimate of drug-likeness (QED) is 0.0145. The summed E-state index contributed by atoms with van der Waals surface area (Å²) < 4.78 is 0. The van der Waals surface area contributed by atoms with Crippen molar-refractivity contribution in [3.63, 3.8) is 0 Å². The lowest BCUT2D eigenvalue weighted by molar-refractivity contribution is -0.143. The summed E-state index contributed by atoms with van der Waals surface area (Å²) in [6.07, 6.45) is -3.03. The molecule has 3 aromatic carbocycles. The SMILES string of the molecule is CC(C)[C@H](NC(=O)[C@H](CS)NC(=O)[C@H](Cc1ccc(O)cc1)NC(=O)[C@H](CCCCN)NC(=O)[C@H](Cc1c[nH]c2ccccc12)NC(=O)[C@H](Cc1ccccc1)NC(=O)[C@H](CS)NC(=O)[C@H](CCC(=O)O)NC(=O)[C@@H](NC(=O)[C@H](CC(N)=O)NC(=O)[C@H](CO)NC(=O)CNC(=O)CN)[C@@H](C)O)C(=O)O. The molecule has 1 aromatic heterocycles. The number of benzene rings is 3. The molecule has 24 N–H and O–H groups in total. The molecular weight excluding hydrogens is 1400 g/mol. The number of carbonyl (C=O) groups is 15. The number of rotatable bonds is 45. The second-order valence-electron chi connectivity index (χ2n) is 24.4. The third-order valence-electron chi connectivity index (χ3n) is 15.9. The Hall–Kier alpha value is -10.4. The summed E-state index contributed by atoms with van der Waals surface area (Å²) in [6.45, 7) is 2.06. The number of hydrogen-bond donors (Lipinski definition) is 23. The minimum absolute atomic E-state index is 0.0921. The average Bonchev–Trinajstić information content (AvgIpc) is 1.61. The molecule has 0 fully saturated rings. The van der Waals surface area contributed by atoms with E-state index in [1.807, 2.05) is 0 Å². The highest BCUT2D eigenvalue weighted by Crippen LogP contribution is 2.21. The van der Waals surface area contributed by atoms with E-state index in [1.165, 1.54) is 24.3 Å². The van der Waals surface area contributed by atoms with Crippen LogP contribution in [0.1, 0.15) is 76.0 Å². The van der Waals surface area contributed by atoms with Gasteiger partial charge in [0.15, 0.2) is 0 Å². The number of aromatic hydroxyl groups is 1. The predicted octanol–water partition coefficient (Wildman–Crippen LogP) is -5.85. The fourth-order valence-electron chi connectivity index (χ4n) is 10.2. The molecule has 0 aliphatic heterocycles. The van der Waals surface area contributed by atoms with Crippen molar-refractivity contribution in [1.29, 1.82) is 0 Å². The molecule has 0 saturated heterocycles. The van der Waals surface area contributed by atoms with Gasteiger partial charge in [0, 0.05) is 54.3 Å². The number of fused-ring (bicyclic) bond motifs is 1. The zero-order valence-corrected chi connectivity index (χ0v) is 59.0. The van der Waals surface area contributed by atoms with Gasteiger partial charge in [-0.15, -0.1) is 0 Å². The van der Waals surface area contributed by atoms with E-state index in [2.05, 4.69) is 94.0 Å². The van der Waals surface area contributed by atoms with E-state index in [9.17, 15) is 87.9 Å². The van der Waals surface area contributed by atoms with Crippen LogP contribution in [0.4, 0.5) is 0 Å². The number of carboxylic acids is 2.